The average Bonchev–Trinajstić information content (AvgIpc) is 2.05. The molecule has 0 aliphatic carbocycles. The third-order valence-corrected chi connectivity index (χ3v) is 3.43. The van der Waals surface area contributed by atoms with Crippen LogP contribution in [0.3, 0.4) is 0 Å². The van der Waals surface area contributed by atoms with E-state index in [1.807, 2.05) is 0 Å². The Labute approximate surface area is 71.0 Å². The van der Waals surface area contributed by atoms with Crippen LogP contribution >= 0.6 is 0 Å². The van der Waals surface area contributed by atoms with Crippen LogP contribution in [0, 0.1) is 0 Å². The Hall–Kier alpha value is -0.0400. The molecular formula is C10H22N+. The zero-order valence-electron chi connectivity index (χ0n) is 8.27. The largest absolute Gasteiger partial charge is 0.322 e. The third-order valence-electron chi connectivity index (χ3n) is 3.43. The fourth-order valence-corrected chi connectivity index (χ4v) is 2.34. The summed E-state index contributed by atoms with van der Waals surface area (Å²) in [6.45, 7) is 11.3. The fourth-order valence-electron chi connectivity index (χ4n) is 2.34. The predicted octanol–water partition coefficient (Wildman–Crippen LogP) is 2.42. The highest BCUT2D eigenvalue weighted by Crippen LogP contribution is 2.21. The van der Waals surface area contributed by atoms with E-state index in [1.165, 1.54) is 43.4 Å². The van der Waals surface area contributed by atoms with Gasteiger partial charge in [-0.3, -0.25) is 0 Å². The van der Waals surface area contributed by atoms with Gasteiger partial charge in [-0.2, -0.15) is 0 Å². The number of nitrogens with zero attached hydrogens (tertiary/aromatic N) is 1. The molecule has 0 spiro atoms. The summed E-state index contributed by atoms with van der Waals surface area (Å²) in [6, 6.07) is 0.834. The quantitative estimate of drug-likeness (QED) is 0.539. The number of quaternary nitrogens is 1. The van der Waals surface area contributed by atoms with Gasteiger partial charge in [0.1, 0.15) is 0 Å². The Morgan fingerprint density at radius 3 is 1.91 bits per heavy atom. The van der Waals surface area contributed by atoms with Crippen molar-refractivity contribution in [1.82, 2.24) is 0 Å². The molecule has 0 unspecified atom stereocenters. The SMILES string of the molecule is CC[N+]1(C(C)C)CCCCC1. The standard InChI is InChI=1S/C10H22N/c1-4-11(10(2)3)8-6-5-7-9-11/h10H,4-9H2,1-3H3/q+1. The fraction of sp³-hybridized carbons (Fsp3) is 1.00. The first-order chi connectivity index (χ1) is 5.21. The number of piperidine rings is 1. The molecule has 0 atom stereocenters. The van der Waals surface area contributed by atoms with Crippen LogP contribution in [0.25, 0.3) is 0 Å². The minimum atomic E-state index is 0.834. The predicted molar refractivity (Wildman–Crippen MR) is 49.5 cm³/mol. The Balaban J connectivity index is 2.57. The van der Waals surface area contributed by atoms with E-state index in [4.69, 9.17) is 0 Å². The van der Waals surface area contributed by atoms with Crippen molar-refractivity contribution < 1.29 is 4.48 Å². The summed E-state index contributed by atoms with van der Waals surface area (Å²) in [5.74, 6) is 0. The lowest BCUT2D eigenvalue weighted by Crippen LogP contribution is -2.55. The van der Waals surface area contributed by atoms with Gasteiger partial charge in [-0.05, 0) is 40.0 Å². The molecule has 1 heterocycles. The number of hydrogen-bond donors (Lipinski definition) is 0. The number of rotatable bonds is 2. The lowest BCUT2D eigenvalue weighted by molar-refractivity contribution is -0.950. The van der Waals surface area contributed by atoms with Crippen molar-refractivity contribution in [3.8, 4) is 0 Å². The maximum atomic E-state index is 2.37. The molecule has 0 amide bonds. The van der Waals surface area contributed by atoms with Crippen LogP contribution in [0.1, 0.15) is 40.0 Å². The molecule has 0 aromatic carbocycles. The van der Waals surface area contributed by atoms with Crippen LogP contribution in [-0.4, -0.2) is 30.2 Å². The second-order valence-corrected chi connectivity index (χ2v) is 4.14. The molecule has 0 aromatic heterocycles. The van der Waals surface area contributed by atoms with Gasteiger partial charge in [0.2, 0.25) is 0 Å². The first kappa shape index (κ1) is 9.05. The Kier molecular flexibility index (Phi) is 2.94. The molecule has 11 heavy (non-hydrogen) atoms. The van der Waals surface area contributed by atoms with Crippen molar-refractivity contribution in [2.75, 3.05) is 19.6 Å². The molecule has 1 nitrogen and oxygen atoms in total. The van der Waals surface area contributed by atoms with Crippen molar-refractivity contribution in [2.24, 2.45) is 0 Å². The molecule has 1 heteroatoms. The van der Waals surface area contributed by atoms with E-state index >= 15 is 0 Å². The smallest absolute Gasteiger partial charge is 0.0833 e. The summed E-state index contributed by atoms with van der Waals surface area (Å²) in [6.07, 6.45) is 4.37. The van der Waals surface area contributed by atoms with Crippen molar-refractivity contribution in [2.45, 2.75) is 46.1 Å². The molecule has 1 aliphatic rings. The molecule has 1 rings (SSSR count). The molecular weight excluding hydrogens is 134 g/mol. The summed E-state index contributed by atoms with van der Waals surface area (Å²) >= 11 is 0. The van der Waals surface area contributed by atoms with Crippen LogP contribution in [0.15, 0.2) is 0 Å². The monoisotopic (exact) mass is 156 g/mol. The van der Waals surface area contributed by atoms with E-state index in [2.05, 4.69) is 20.8 Å². The van der Waals surface area contributed by atoms with Gasteiger partial charge in [0, 0.05) is 0 Å². The zero-order chi connectivity index (χ0) is 8.32. The summed E-state index contributed by atoms with van der Waals surface area (Å²) < 4.78 is 1.38. The maximum absolute atomic E-state index is 2.37. The molecule has 1 aliphatic heterocycles. The van der Waals surface area contributed by atoms with Gasteiger partial charge in [-0.25, -0.2) is 0 Å². The first-order valence-corrected chi connectivity index (χ1v) is 5.07. The molecule has 0 radical (unpaired) electrons. The third kappa shape index (κ3) is 1.76. The molecule has 66 valence electrons. The van der Waals surface area contributed by atoms with E-state index in [1.54, 1.807) is 0 Å². The van der Waals surface area contributed by atoms with E-state index in [-0.39, 0.29) is 0 Å². The van der Waals surface area contributed by atoms with Gasteiger partial charge in [-0.1, -0.05) is 0 Å². The minimum Gasteiger partial charge on any atom is -0.322 e. The highest BCUT2D eigenvalue weighted by molar-refractivity contribution is 4.56. The second kappa shape index (κ2) is 3.57. The maximum Gasteiger partial charge on any atom is 0.0833 e. The molecule has 0 bridgehead atoms. The lowest BCUT2D eigenvalue weighted by atomic mass is 10.0. The van der Waals surface area contributed by atoms with Gasteiger partial charge in [0.25, 0.3) is 0 Å². The van der Waals surface area contributed by atoms with Crippen LogP contribution in [0.4, 0.5) is 0 Å². The van der Waals surface area contributed by atoms with E-state index in [0.717, 1.165) is 6.04 Å². The number of hydrogen-bond acceptors (Lipinski definition) is 0. The highest BCUT2D eigenvalue weighted by Gasteiger charge is 2.30. The van der Waals surface area contributed by atoms with Gasteiger partial charge in [-0.15, -0.1) is 0 Å². The normalized spacial score (nSPS) is 24.0. The summed E-state index contributed by atoms with van der Waals surface area (Å²) in [7, 11) is 0. The molecule has 0 aromatic rings. The van der Waals surface area contributed by atoms with Crippen molar-refractivity contribution in [3.63, 3.8) is 0 Å². The summed E-state index contributed by atoms with van der Waals surface area (Å²) in [5, 5.41) is 0. The topological polar surface area (TPSA) is 0 Å². The van der Waals surface area contributed by atoms with Crippen LogP contribution in [-0.2, 0) is 0 Å². The van der Waals surface area contributed by atoms with E-state index < -0.39 is 0 Å². The molecule has 0 N–H and O–H groups in total. The lowest BCUT2D eigenvalue weighted by Gasteiger charge is -2.44. The van der Waals surface area contributed by atoms with E-state index in [9.17, 15) is 0 Å². The highest BCUT2D eigenvalue weighted by atomic mass is 15.4. The van der Waals surface area contributed by atoms with Gasteiger partial charge in [0.15, 0.2) is 0 Å². The van der Waals surface area contributed by atoms with Crippen molar-refractivity contribution >= 4 is 0 Å². The van der Waals surface area contributed by atoms with Gasteiger partial charge in [0.05, 0.1) is 25.7 Å². The summed E-state index contributed by atoms with van der Waals surface area (Å²) in [4.78, 5) is 0. The minimum absolute atomic E-state index is 0.834. The Morgan fingerprint density at radius 1 is 1.09 bits per heavy atom. The molecule has 1 saturated heterocycles. The van der Waals surface area contributed by atoms with Crippen molar-refractivity contribution in [1.29, 1.82) is 0 Å². The van der Waals surface area contributed by atoms with Crippen LogP contribution in [0.2, 0.25) is 0 Å². The molecule has 0 saturated carbocycles. The Bertz CT molecular complexity index is 112. The first-order valence-electron chi connectivity index (χ1n) is 5.07. The number of likely N-dealkylation sites (tertiary alicyclic amines) is 1. The van der Waals surface area contributed by atoms with E-state index in [0.29, 0.717) is 0 Å². The zero-order valence-corrected chi connectivity index (χ0v) is 8.27. The van der Waals surface area contributed by atoms with Crippen LogP contribution < -0.4 is 0 Å². The Morgan fingerprint density at radius 2 is 1.64 bits per heavy atom. The average molecular weight is 156 g/mol. The molecule has 1 fully saturated rings. The van der Waals surface area contributed by atoms with Crippen molar-refractivity contribution in [3.05, 3.63) is 0 Å². The van der Waals surface area contributed by atoms with Crippen LogP contribution in [0.5, 0.6) is 0 Å². The van der Waals surface area contributed by atoms with Gasteiger partial charge < -0.3 is 4.48 Å². The second-order valence-electron chi connectivity index (χ2n) is 4.14. The summed E-state index contributed by atoms with van der Waals surface area (Å²) in [5.41, 5.74) is 0. The van der Waals surface area contributed by atoms with Gasteiger partial charge >= 0.3 is 0 Å².